The molecule has 0 aliphatic carbocycles. The summed E-state index contributed by atoms with van der Waals surface area (Å²) in [6, 6.07) is 0. The van der Waals surface area contributed by atoms with Gasteiger partial charge in [-0.2, -0.15) is 0 Å². The van der Waals surface area contributed by atoms with Gasteiger partial charge in [-0.05, 0) is 27.4 Å². The van der Waals surface area contributed by atoms with Gasteiger partial charge >= 0.3 is 5.97 Å². The number of carbonyl (C=O) groups excluding carboxylic acids is 1. The number of likely N-dealkylation sites (tertiary alicyclic amines) is 1. The molecule has 0 N–H and O–H groups in total. The number of esters is 1. The largest absolute Gasteiger partial charge is 0.447 e. The quantitative estimate of drug-likeness (QED) is 0.636. The summed E-state index contributed by atoms with van der Waals surface area (Å²) >= 11 is 0. The number of hydrogen-bond donors (Lipinski definition) is 0. The lowest BCUT2D eigenvalue weighted by Gasteiger charge is -2.24. The van der Waals surface area contributed by atoms with Crippen molar-refractivity contribution in [3.05, 3.63) is 0 Å². The molecule has 0 radical (unpaired) electrons. The van der Waals surface area contributed by atoms with Gasteiger partial charge < -0.3 is 14.4 Å². The molecule has 0 bridgehead atoms. The zero-order valence-electron chi connectivity index (χ0n) is 12.0. The van der Waals surface area contributed by atoms with Crippen LogP contribution < -0.4 is 0 Å². The van der Waals surface area contributed by atoms with Crippen molar-refractivity contribution in [1.29, 1.82) is 0 Å². The Morgan fingerprint density at radius 3 is 2.83 bits per heavy atom. The van der Waals surface area contributed by atoms with E-state index in [9.17, 15) is 4.79 Å². The highest BCUT2D eigenvalue weighted by Gasteiger charge is 2.28. The zero-order chi connectivity index (χ0) is 13.5. The van der Waals surface area contributed by atoms with Gasteiger partial charge in [-0.3, -0.25) is 9.69 Å². The lowest BCUT2D eigenvalue weighted by atomic mass is 10.3. The van der Waals surface area contributed by atoms with Crippen molar-refractivity contribution in [3.63, 3.8) is 0 Å². The first kappa shape index (κ1) is 15.4. The fourth-order valence-electron chi connectivity index (χ4n) is 1.97. The Bertz CT molecular complexity index is 259. The fraction of sp³-hybridized carbons (Fsp3) is 0.923. The second kappa shape index (κ2) is 7.71. The number of nitrogens with zero attached hydrogens (tertiary/aromatic N) is 2. The summed E-state index contributed by atoms with van der Waals surface area (Å²) in [5, 5.41) is 0. The molecular formula is C13H26N2O3. The van der Waals surface area contributed by atoms with Crippen molar-refractivity contribution in [2.45, 2.75) is 39.0 Å². The molecule has 1 aliphatic heterocycles. The van der Waals surface area contributed by atoms with Crippen LogP contribution in [0.1, 0.15) is 26.7 Å². The zero-order valence-corrected chi connectivity index (χ0v) is 12.0. The molecule has 0 amide bonds. The van der Waals surface area contributed by atoms with Crippen LogP contribution in [0.3, 0.4) is 0 Å². The van der Waals surface area contributed by atoms with Crippen LogP contribution in [-0.4, -0.2) is 68.4 Å². The number of ether oxygens (including phenoxy) is 2. The monoisotopic (exact) mass is 258 g/mol. The third kappa shape index (κ3) is 5.33. The topological polar surface area (TPSA) is 42.0 Å². The molecule has 5 nitrogen and oxygen atoms in total. The highest BCUT2D eigenvalue weighted by Crippen LogP contribution is 2.16. The van der Waals surface area contributed by atoms with E-state index in [1.54, 1.807) is 0 Å². The highest BCUT2D eigenvalue weighted by molar-refractivity contribution is 5.69. The Kier molecular flexibility index (Phi) is 6.60. The van der Waals surface area contributed by atoms with E-state index in [1.165, 1.54) is 0 Å². The summed E-state index contributed by atoms with van der Waals surface area (Å²) in [4.78, 5) is 15.5. The Morgan fingerprint density at radius 1 is 1.50 bits per heavy atom. The highest BCUT2D eigenvalue weighted by atomic mass is 16.6. The first-order valence-corrected chi connectivity index (χ1v) is 6.72. The third-order valence-electron chi connectivity index (χ3n) is 3.17. The smallest absolute Gasteiger partial charge is 0.307 e. The van der Waals surface area contributed by atoms with Crippen molar-refractivity contribution in [2.24, 2.45) is 0 Å². The second-order valence-corrected chi connectivity index (χ2v) is 5.02. The molecule has 106 valence electrons. The van der Waals surface area contributed by atoms with Gasteiger partial charge in [-0.15, -0.1) is 0 Å². The summed E-state index contributed by atoms with van der Waals surface area (Å²) in [7, 11) is 4.08. The van der Waals surface area contributed by atoms with Crippen LogP contribution in [-0.2, 0) is 14.3 Å². The lowest BCUT2D eigenvalue weighted by molar-refractivity contribution is -0.156. The summed E-state index contributed by atoms with van der Waals surface area (Å²) in [5.41, 5.74) is 0. The van der Waals surface area contributed by atoms with Crippen LogP contribution in [0.25, 0.3) is 0 Å². The van der Waals surface area contributed by atoms with Gasteiger partial charge in [0.2, 0.25) is 0 Å². The van der Waals surface area contributed by atoms with Crippen LogP contribution in [0.4, 0.5) is 0 Å². The van der Waals surface area contributed by atoms with E-state index in [-0.39, 0.29) is 18.3 Å². The number of carbonyl (C=O) groups is 1. The van der Waals surface area contributed by atoms with Gasteiger partial charge in [0, 0.05) is 26.1 Å². The first-order chi connectivity index (χ1) is 8.52. The van der Waals surface area contributed by atoms with Crippen molar-refractivity contribution < 1.29 is 14.3 Å². The molecule has 0 spiro atoms. The predicted molar refractivity (Wildman–Crippen MR) is 70.3 cm³/mol. The Morgan fingerprint density at radius 2 is 2.22 bits per heavy atom. The van der Waals surface area contributed by atoms with E-state index in [1.807, 2.05) is 27.9 Å². The van der Waals surface area contributed by atoms with Crippen LogP contribution >= 0.6 is 0 Å². The summed E-state index contributed by atoms with van der Waals surface area (Å²) in [6.07, 6.45) is 1.58. The number of likely N-dealkylation sites (N-methyl/N-ethyl adjacent to an activating group) is 1. The summed E-state index contributed by atoms with van der Waals surface area (Å²) < 4.78 is 11.1. The lowest BCUT2D eigenvalue weighted by Crippen LogP contribution is -2.35. The van der Waals surface area contributed by atoms with Crippen LogP contribution in [0.5, 0.6) is 0 Å². The molecule has 2 unspecified atom stereocenters. The van der Waals surface area contributed by atoms with E-state index >= 15 is 0 Å². The van der Waals surface area contributed by atoms with E-state index < -0.39 is 0 Å². The van der Waals surface area contributed by atoms with Crippen molar-refractivity contribution >= 4 is 5.97 Å². The van der Waals surface area contributed by atoms with Crippen molar-refractivity contribution in [3.8, 4) is 0 Å². The maximum Gasteiger partial charge on any atom is 0.307 e. The van der Waals surface area contributed by atoms with Gasteiger partial charge in [0.25, 0.3) is 0 Å². The molecule has 1 heterocycles. The SMILES string of the molecule is CCC(=O)OC(C)N1CCC(OCCN(C)C)C1. The number of rotatable bonds is 7. The molecular weight excluding hydrogens is 232 g/mol. The summed E-state index contributed by atoms with van der Waals surface area (Å²) in [6.45, 7) is 7.23. The van der Waals surface area contributed by atoms with Gasteiger partial charge in [0.1, 0.15) is 0 Å². The molecule has 0 saturated carbocycles. The third-order valence-corrected chi connectivity index (χ3v) is 3.17. The molecule has 0 aromatic rings. The normalized spacial score (nSPS) is 22.4. The van der Waals surface area contributed by atoms with E-state index in [2.05, 4.69) is 9.80 Å². The maximum absolute atomic E-state index is 11.2. The Hall–Kier alpha value is -0.650. The van der Waals surface area contributed by atoms with E-state index in [4.69, 9.17) is 9.47 Å². The van der Waals surface area contributed by atoms with E-state index in [0.29, 0.717) is 6.42 Å². The average molecular weight is 258 g/mol. The van der Waals surface area contributed by atoms with Crippen LogP contribution in [0.2, 0.25) is 0 Å². The molecule has 1 fully saturated rings. The summed E-state index contributed by atoms with van der Waals surface area (Å²) in [5.74, 6) is -0.139. The van der Waals surface area contributed by atoms with Gasteiger partial charge in [-0.25, -0.2) is 0 Å². The number of hydrogen-bond acceptors (Lipinski definition) is 5. The molecule has 0 aromatic carbocycles. The molecule has 1 saturated heterocycles. The fourth-order valence-corrected chi connectivity index (χ4v) is 1.97. The first-order valence-electron chi connectivity index (χ1n) is 6.72. The molecule has 0 aromatic heterocycles. The maximum atomic E-state index is 11.2. The molecule has 1 aliphatic rings. The van der Waals surface area contributed by atoms with Crippen LogP contribution in [0.15, 0.2) is 0 Å². The van der Waals surface area contributed by atoms with Crippen LogP contribution in [0, 0.1) is 0 Å². The van der Waals surface area contributed by atoms with Gasteiger partial charge in [-0.1, -0.05) is 6.92 Å². The second-order valence-electron chi connectivity index (χ2n) is 5.02. The minimum Gasteiger partial charge on any atom is -0.447 e. The van der Waals surface area contributed by atoms with Gasteiger partial charge in [0.05, 0.1) is 12.7 Å². The standard InChI is InChI=1S/C13H26N2O3/c1-5-13(16)18-11(2)15-7-6-12(10-15)17-9-8-14(3)4/h11-12H,5-10H2,1-4H3. The average Bonchev–Trinajstić information content (AvgIpc) is 2.77. The minimum atomic E-state index is -0.139. The minimum absolute atomic E-state index is 0.139. The molecule has 1 rings (SSSR count). The molecule has 18 heavy (non-hydrogen) atoms. The Balaban J connectivity index is 2.21. The molecule has 5 heteroatoms. The predicted octanol–water partition coefficient (Wildman–Crippen LogP) is 0.938. The Labute approximate surface area is 110 Å². The molecule has 2 atom stereocenters. The van der Waals surface area contributed by atoms with Gasteiger partial charge in [0.15, 0.2) is 6.23 Å². The van der Waals surface area contributed by atoms with Crippen molar-refractivity contribution in [2.75, 3.05) is 40.3 Å². The van der Waals surface area contributed by atoms with E-state index in [0.717, 1.165) is 32.7 Å². The van der Waals surface area contributed by atoms with Crippen molar-refractivity contribution in [1.82, 2.24) is 9.80 Å².